The second-order valence-corrected chi connectivity index (χ2v) is 4.11. The summed E-state index contributed by atoms with van der Waals surface area (Å²) in [5.74, 6) is -0.779. The third-order valence-corrected chi connectivity index (χ3v) is 2.64. The van der Waals surface area contributed by atoms with Crippen LogP contribution < -0.4 is 4.74 Å². The fraction of sp³-hybridized carbons (Fsp3) is 0.133. The van der Waals surface area contributed by atoms with Crippen LogP contribution in [0.5, 0.6) is 11.5 Å². The Hall–Kier alpha value is -2.49. The molecule has 0 unspecified atom stereocenters. The lowest BCUT2D eigenvalue weighted by Gasteiger charge is -2.12. The number of para-hydroxylation sites is 1. The standard InChI is InChI=1S/C15H14O4/c16-13-8-4-7-12(9-14(17)18)15(13)19-10-11-5-2-1-3-6-11/h1-8,16H,9-10H2,(H,17,18). The van der Waals surface area contributed by atoms with E-state index < -0.39 is 5.97 Å². The first-order valence-electron chi connectivity index (χ1n) is 5.86. The summed E-state index contributed by atoms with van der Waals surface area (Å²) in [7, 11) is 0. The van der Waals surface area contributed by atoms with Crippen molar-refractivity contribution < 1.29 is 19.7 Å². The van der Waals surface area contributed by atoms with E-state index in [1.165, 1.54) is 6.07 Å². The summed E-state index contributed by atoms with van der Waals surface area (Å²) in [5, 5.41) is 18.6. The minimum absolute atomic E-state index is 0.0466. The number of carboxylic acids is 1. The van der Waals surface area contributed by atoms with E-state index in [4.69, 9.17) is 9.84 Å². The average Bonchev–Trinajstić information content (AvgIpc) is 2.38. The van der Waals surface area contributed by atoms with Gasteiger partial charge in [0.25, 0.3) is 0 Å². The summed E-state index contributed by atoms with van der Waals surface area (Å²) in [5.41, 5.74) is 1.41. The third kappa shape index (κ3) is 3.48. The van der Waals surface area contributed by atoms with E-state index in [-0.39, 0.29) is 24.5 Å². The predicted molar refractivity (Wildman–Crippen MR) is 70.2 cm³/mol. The molecule has 0 aromatic heterocycles. The Morgan fingerprint density at radius 3 is 2.47 bits per heavy atom. The number of hydrogen-bond donors (Lipinski definition) is 2. The van der Waals surface area contributed by atoms with Gasteiger partial charge in [0, 0.05) is 5.56 Å². The Balaban J connectivity index is 2.17. The molecule has 0 heterocycles. The maximum atomic E-state index is 10.8. The molecule has 0 radical (unpaired) electrons. The van der Waals surface area contributed by atoms with Crippen molar-refractivity contribution in [1.29, 1.82) is 0 Å². The molecule has 0 atom stereocenters. The predicted octanol–water partition coefficient (Wildman–Crippen LogP) is 2.60. The van der Waals surface area contributed by atoms with Gasteiger partial charge >= 0.3 is 5.97 Å². The zero-order valence-corrected chi connectivity index (χ0v) is 10.2. The van der Waals surface area contributed by atoms with Gasteiger partial charge in [-0.25, -0.2) is 0 Å². The maximum Gasteiger partial charge on any atom is 0.307 e. The largest absolute Gasteiger partial charge is 0.504 e. The Kier molecular flexibility index (Phi) is 4.03. The molecule has 0 aliphatic rings. The van der Waals surface area contributed by atoms with Gasteiger partial charge in [-0.05, 0) is 11.6 Å². The molecule has 2 aromatic rings. The van der Waals surface area contributed by atoms with Gasteiger partial charge in [-0.1, -0.05) is 42.5 Å². The van der Waals surface area contributed by atoms with Crippen LogP contribution in [-0.4, -0.2) is 16.2 Å². The van der Waals surface area contributed by atoms with Gasteiger partial charge < -0.3 is 14.9 Å². The number of ether oxygens (including phenoxy) is 1. The van der Waals surface area contributed by atoms with Crippen molar-refractivity contribution in [3.63, 3.8) is 0 Å². The SMILES string of the molecule is O=C(O)Cc1cccc(O)c1OCc1ccccc1. The topological polar surface area (TPSA) is 66.8 Å². The zero-order chi connectivity index (χ0) is 13.7. The molecule has 0 aliphatic carbocycles. The molecule has 98 valence electrons. The normalized spacial score (nSPS) is 10.1. The lowest BCUT2D eigenvalue weighted by Crippen LogP contribution is -2.04. The molecule has 0 saturated carbocycles. The molecule has 0 spiro atoms. The molecule has 4 nitrogen and oxygen atoms in total. The van der Waals surface area contributed by atoms with Crippen LogP contribution in [0.1, 0.15) is 11.1 Å². The summed E-state index contributed by atoms with van der Waals surface area (Å²) in [6.07, 6.45) is -0.182. The molecule has 19 heavy (non-hydrogen) atoms. The van der Waals surface area contributed by atoms with Crippen molar-refractivity contribution in [2.24, 2.45) is 0 Å². The van der Waals surface area contributed by atoms with E-state index in [0.717, 1.165) is 5.56 Å². The number of benzene rings is 2. The molecule has 4 heteroatoms. The highest BCUT2D eigenvalue weighted by atomic mass is 16.5. The number of carboxylic acid groups (broad SMARTS) is 1. The van der Waals surface area contributed by atoms with Gasteiger partial charge in [0.2, 0.25) is 0 Å². The van der Waals surface area contributed by atoms with Gasteiger partial charge in [0.05, 0.1) is 6.42 Å². The minimum atomic E-state index is -0.963. The van der Waals surface area contributed by atoms with Crippen LogP contribution in [0.2, 0.25) is 0 Å². The van der Waals surface area contributed by atoms with Crippen molar-refractivity contribution in [2.45, 2.75) is 13.0 Å². The number of aliphatic carboxylic acids is 1. The van der Waals surface area contributed by atoms with Crippen LogP contribution in [0.4, 0.5) is 0 Å². The summed E-state index contributed by atoms with van der Waals surface area (Å²) in [4.78, 5) is 10.8. The number of hydrogen-bond acceptors (Lipinski definition) is 3. The molecule has 2 rings (SSSR count). The molecular weight excluding hydrogens is 244 g/mol. The molecule has 0 aliphatic heterocycles. The van der Waals surface area contributed by atoms with Crippen molar-refractivity contribution in [2.75, 3.05) is 0 Å². The van der Waals surface area contributed by atoms with Crippen molar-refractivity contribution in [3.8, 4) is 11.5 Å². The molecule has 0 amide bonds. The smallest absolute Gasteiger partial charge is 0.307 e. The summed E-state index contributed by atoms with van der Waals surface area (Å²) in [6.45, 7) is 0.283. The third-order valence-electron chi connectivity index (χ3n) is 2.64. The Labute approximate surface area is 110 Å². The first kappa shape index (κ1) is 13.0. The van der Waals surface area contributed by atoms with Gasteiger partial charge in [-0.3, -0.25) is 4.79 Å². The molecule has 2 N–H and O–H groups in total. The average molecular weight is 258 g/mol. The Bertz CT molecular complexity index is 564. The number of rotatable bonds is 5. The van der Waals surface area contributed by atoms with E-state index in [0.29, 0.717) is 5.56 Å². The van der Waals surface area contributed by atoms with E-state index in [9.17, 15) is 9.90 Å². The lowest BCUT2D eigenvalue weighted by atomic mass is 10.1. The quantitative estimate of drug-likeness (QED) is 0.865. The summed E-state index contributed by atoms with van der Waals surface area (Å²) in [6, 6.07) is 14.2. The van der Waals surface area contributed by atoms with Gasteiger partial charge in [-0.2, -0.15) is 0 Å². The number of phenolic OH excluding ortho intramolecular Hbond substituents is 1. The van der Waals surface area contributed by atoms with Gasteiger partial charge in [0.15, 0.2) is 11.5 Å². The highest BCUT2D eigenvalue weighted by Gasteiger charge is 2.12. The summed E-state index contributed by atoms with van der Waals surface area (Å²) < 4.78 is 5.54. The highest BCUT2D eigenvalue weighted by molar-refractivity contribution is 5.72. The maximum absolute atomic E-state index is 10.8. The highest BCUT2D eigenvalue weighted by Crippen LogP contribution is 2.31. The first-order valence-corrected chi connectivity index (χ1v) is 5.86. The number of aromatic hydroxyl groups is 1. The first-order chi connectivity index (χ1) is 9.16. The van der Waals surface area contributed by atoms with Gasteiger partial charge in [-0.15, -0.1) is 0 Å². The molecule has 0 saturated heterocycles. The minimum Gasteiger partial charge on any atom is -0.504 e. The molecule has 0 fully saturated rings. The zero-order valence-electron chi connectivity index (χ0n) is 10.2. The van der Waals surface area contributed by atoms with E-state index >= 15 is 0 Å². The monoisotopic (exact) mass is 258 g/mol. The lowest BCUT2D eigenvalue weighted by molar-refractivity contribution is -0.136. The summed E-state index contributed by atoms with van der Waals surface area (Å²) >= 11 is 0. The van der Waals surface area contributed by atoms with Crippen LogP contribution in [0.25, 0.3) is 0 Å². The number of phenols is 1. The second-order valence-electron chi connectivity index (χ2n) is 4.11. The molecule has 2 aromatic carbocycles. The Morgan fingerprint density at radius 1 is 1.05 bits per heavy atom. The van der Waals surface area contributed by atoms with Crippen LogP contribution >= 0.6 is 0 Å². The van der Waals surface area contributed by atoms with Crippen molar-refractivity contribution in [3.05, 3.63) is 59.7 Å². The molecular formula is C15H14O4. The van der Waals surface area contributed by atoms with Gasteiger partial charge in [0.1, 0.15) is 6.61 Å². The number of carbonyl (C=O) groups is 1. The van der Waals surface area contributed by atoms with E-state index in [1.807, 2.05) is 30.3 Å². The van der Waals surface area contributed by atoms with Crippen LogP contribution in [-0.2, 0) is 17.8 Å². The van der Waals surface area contributed by atoms with Crippen molar-refractivity contribution >= 4 is 5.97 Å². The second kappa shape index (κ2) is 5.91. The fourth-order valence-corrected chi connectivity index (χ4v) is 1.77. The van der Waals surface area contributed by atoms with Crippen LogP contribution in [0, 0.1) is 0 Å². The van der Waals surface area contributed by atoms with E-state index in [2.05, 4.69) is 0 Å². The molecule has 0 bridgehead atoms. The van der Waals surface area contributed by atoms with Crippen molar-refractivity contribution in [1.82, 2.24) is 0 Å². The van der Waals surface area contributed by atoms with Crippen LogP contribution in [0.15, 0.2) is 48.5 Å². The Morgan fingerprint density at radius 2 is 1.79 bits per heavy atom. The van der Waals surface area contributed by atoms with Crippen LogP contribution in [0.3, 0.4) is 0 Å². The fourth-order valence-electron chi connectivity index (χ4n) is 1.77. The van der Waals surface area contributed by atoms with E-state index in [1.54, 1.807) is 12.1 Å².